The molecule has 0 radical (unpaired) electrons. The highest BCUT2D eigenvalue weighted by Crippen LogP contribution is 2.47. The van der Waals surface area contributed by atoms with Crippen LogP contribution in [0.2, 0.25) is 0 Å². The van der Waals surface area contributed by atoms with Gasteiger partial charge in [0.1, 0.15) is 11.2 Å². The number of methoxy groups -OCH3 is 1. The first-order valence-electron chi connectivity index (χ1n) is 9.45. The zero-order chi connectivity index (χ0) is 22.0. The fourth-order valence-electron chi connectivity index (χ4n) is 4.29. The van der Waals surface area contributed by atoms with Gasteiger partial charge in [0.25, 0.3) is 5.56 Å². The number of fused-ring (bicyclic) bond motifs is 1. The highest BCUT2D eigenvalue weighted by molar-refractivity contribution is 5.99. The zero-order valence-corrected chi connectivity index (χ0v) is 16.1. The predicted octanol–water partition coefficient (Wildman–Crippen LogP) is 1.33. The Hall–Kier alpha value is -2.76. The Morgan fingerprint density at radius 1 is 1.23 bits per heavy atom. The molecule has 2 aromatic rings. The van der Waals surface area contributed by atoms with Gasteiger partial charge in [0, 0.05) is 25.0 Å². The molecule has 4 rings (SSSR count). The fraction of sp³-hybridized carbons (Fsp3) is 0.556. The van der Waals surface area contributed by atoms with Crippen molar-refractivity contribution in [2.24, 2.45) is 17.6 Å². The van der Waals surface area contributed by atoms with Gasteiger partial charge in [-0.25, -0.2) is 9.18 Å². The molecule has 0 spiro atoms. The topological polar surface area (TPSA) is 119 Å². The molecule has 2 unspecified atom stereocenters. The largest absolute Gasteiger partial charge is 0.492 e. The van der Waals surface area contributed by atoms with Gasteiger partial charge in [0.15, 0.2) is 11.6 Å². The summed E-state index contributed by atoms with van der Waals surface area (Å²) in [6.07, 6.45) is -3.20. The number of ether oxygens (including phenoxy) is 1. The number of alkyl halides is 3. The molecule has 1 saturated heterocycles. The van der Waals surface area contributed by atoms with Crippen molar-refractivity contribution in [1.82, 2.24) is 9.55 Å². The predicted molar refractivity (Wildman–Crippen MR) is 102 cm³/mol. The molecule has 30 heavy (non-hydrogen) atoms. The molecule has 0 bridgehead atoms. The van der Waals surface area contributed by atoms with Crippen LogP contribution in [0.5, 0.6) is 5.75 Å². The Bertz CT molecular complexity index is 1120. The Morgan fingerprint density at radius 2 is 1.90 bits per heavy atom. The third-order valence-electron chi connectivity index (χ3n) is 5.88. The molecule has 164 valence electrons. The van der Waals surface area contributed by atoms with Crippen LogP contribution in [0, 0.1) is 17.7 Å². The number of rotatable bonds is 4. The van der Waals surface area contributed by atoms with E-state index < -0.39 is 47.3 Å². The quantitative estimate of drug-likeness (QED) is 0.496. The molecular formula is C18H21F4N5O3. The number of nitrogens with two attached hydrogens (primary N) is 2. The van der Waals surface area contributed by atoms with E-state index >= 15 is 4.39 Å². The summed E-state index contributed by atoms with van der Waals surface area (Å²) >= 11 is 0. The molecule has 12 heteroatoms. The lowest BCUT2D eigenvalue weighted by Crippen LogP contribution is -2.33. The van der Waals surface area contributed by atoms with Gasteiger partial charge in [0.2, 0.25) is 0 Å². The monoisotopic (exact) mass is 431 g/mol. The highest BCUT2D eigenvalue weighted by Gasteiger charge is 2.50. The van der Waals surface area contributed by atoms with Crippen LogP contribution in [-0.4, -0.2) is 42.5 Å². The van der Waals surface area contributed by atoms with Gasteiger partial charge in [-0.2, -0.15) is 13.2 Å². The lowest BCUT2D eigenvalue weighted by molar-refractivity contribution is -0.178. The summed E-state index contributed by atoms with van der Waals surface area (Å²) in [6.45, 7) is -0.948. The maximum absolute atomic E-state index is 15.3. The fourth-order valence-corrected chi connectivity index (χ4v) is 4.29. The molecule has 1 saturated carbocycles. The molecule has 2 atom stereocenters. The van der Waals surface area contributed by atoms with E-state index in [2.05, 4.69) is 4.98 Å². The molecule has 2 aliphatic rings. The molecular weight excluding hydrogens is 410 g/mol. The number of aromatic nitrogens is 2. The van der Waals surface area contributed by atoms with Crippen molar-refractivity contribution in [1.29, 1.82) is 0 Å². The first-order valence-corrected chi connectivity index (χ1v) is 9.45. The average molecular weight is 431 g/mol. The molecule has 1 aliphatic heterocycles. The van der Waals surface area contributed by atoms with Crippen molar-refractivity contribution in [2.75, 3.05) is 37.4 Å². The average Bonchev–Trinajstić information content (AvgIpc) is 3.40. The third kappa shape index (κ3) is 3.01. The summed E-state index contributed by atoms with van der Waals surface area (Å²) in [7, 11) is 1.20. The molecule has 2 heterocycles. The molecule has 5 N–H and O–H groups in total. The number of halogens is 4. The number of hydrogen-bond acceptors (Lipinski definition) is 6. The Kier molecular flexibility index (Phi) is 4.71. The van der Waals surface area contributed by atoms with E-state index in [1.165, 1.54) is 16.6 Å². The minimum absolute atomic E-state index is 0.0117. The van der Waals surface area contributed by atoms with Crippen LogP contribution in [0.1, 0.15) is 18.9 Å². The van der Waals surface area contributed by atoms with E-state index in [1.807, 2.05) is 0 Å². The van der Waals surface area contributed by atoms with E-state index in [9.17, 15) is 22.8 Å². The first kappa shape index (κ1) is 20.5. The second kappa shape index (κ2) is 6.89. The number of aromatic amines is 1. The SMILES string of the molecule is COc1c(N2CC(CN)C(C(F)(F)F)C2)c(F)c(N)c2c(=O)[nH]c(=O)n(C3CC3)c12. The van der Waals surface area contributed by atoms with Gasteiger partial charge in [-0.15, -0.1) is 0 Å². The number of hydrogen-bond donors (Lipinski definition) is 3. The van der Waals surface area contributed by atoms with Crippen LogP contribution in [-0.2, 0) is 0 Å². The summed E-state index contributed by atoms with van der Waals surface area (Å²) in [5.41, 5.74) is 8.98. The van der Waals surface area contributed by atoms with Crippen LogP contribution < -0.4 is 32.4 Å². The minimum atomic E-state index is -4.52. The van der Waals surface area contributed by atoms with Gasteiger partial charge in [-0.05, 0) is 19.4 Å². The van der Waals surface area contributed by atoms with Crippen molar-refractivity contribution in [2.45, 2.75) is 25.1 Å². The van der Waals surface area contributed by atoms with E-state index in [-0.39, 0.29) is 41.5 Å². The first-order chi connectivity index (χ1) is 14.1. The highest BCUT2D eigenvalue weighted by atomic mass is 19.4. The van der Waals surface area contributed by atoms with Gasteiger partial charge >= 0.3 is 11.9 Å². The number of anilines is 2. The van der Waals surface area contributed by atoms with Gasteiger partial charge < -0.3 is 21.1 Å². The van der Waals surface area contributed by atoms with Gasteiger partial charge in [-0.1, -0.05) is 0 Å². The lowest BCUT2D eigenvalue weighted by atomic mass is 9.96. The van der Waals surface area contributed by atoms with Crippen molar-refractivity contribution >= 4 is 22.3 Å². The maximum atomic E-state index is 15.3. The standard InChI is InChI=1S/C18H21F4N5O3/c1-30-15-13-10(16(28)25-17(29)27(13)8-2-3-8)12(24)11(19)14(15)26-5-7(4-23)9(6-26)18(20,21)22/h7-9H,2-6,23-24H2,1H3,(H,25,28,29). The Balaban J connectivity index is 2.00. The van der Waals surface area contributed by atoms with E-state index in [0.29, 0.717) is 12.8 Å². The van der Waals surface area contributed by atoms with E-state index in [0.717, 1.165) is 0 Å². The van der Waals surface area contributed by atoms with Crippen LogP contribution >= 0.6 is 0 Å². The Labute approximate surface area is 167 Å². The Morgan fingerprint density at radius 3 is 2.40 bits per heavy atom. The molecule has 0 amide bonds. The van der Waals surface area contributed by atoms with Crippen molar-refractivity contribution in [3.05, 3.63) is 26.7 Å². The second-order valence-electron chi connectivity index (χ2n) is 7.74. The second-order valence-corrected chi connectivity index (χ2v) is 7.74. The third-order valence-corrected chi connectivity index (χ3v) is 5.88. The smallest absolute Gasteiger partial charge is 0.393 e. The minimum Gasteiger partial charge on any atom is -0.492 e. The molecule has 1 aromatic carbocycles. The van der Waals surface area contributed by atoms with Crippen molar-refractivity contribution in [3.63, 3.8) is 0 Å². The van der Waals surface area contributed by atoms with E-state index in [4.69, 9.17) is 16.2 Å². The lowest BCUT2D eigenvalue weighted by Gasteiger charge is -2.25. The van der Waals surface area contributed by atoms with Crippen LogP contribution in [0.4, 0.5) is 28.9 Å². The van der Waals surface area contributed by atoms with Gasteiger partial charge in [-0.3, -0.25) is 14.3 Å². The summed E-state index contributed by atoms with van der Waals surface area (Å²) in [4.78, 5) is 28.2. The number of benzene rings is 1. The summed E-state index contributed by atoms with van der Waals surface area (Å²) in [6, 6.07) is -0.234. The zero-order valence-electron chi connectivity index (χ0n) is 16.1. The number of nitrogens with one attached hydrogen (secondary N) is 1. The molecule has 1 aromatic heterocycles. The molecule has 2 fully saturated rings. The van der Waals surface area contributed by atoms with Crippen molar-refractivity contribution in [3.8, 4) is 5.75 Å². The number of H-pyrrole nitrogens is 1. The molecule has 8 nitrogen and oxygen atoms in total. The number of nitrogen functional groups attached to an aromatic ring is 1. The van der Waals surface area contributed by atoms with Crippen LogP contribution in [0.25, 0.3) is 10.9 Å². The number of nitrogens with zero attached hydrogens (tertiary/aromatic N) is 2. The summed E-state index contributed by atoms with van der Waals surface area (Å²) < 4.78 is 62.3. The molecule has 1 aliphatic carbocycles. The summed E-state index contributed by atoms with van der Waals surface area (Å²) in [5, 5.41) is -0.262. The summed E-state index contributed by atoms with van der Waals surface area (Å²) in [5.74, 6) is -3.96. The van der Waals surface area contributed by atoms with Gasteiger partial charge in [0.05, 0.1) is 24.1 Å². The van der Waals surface area contributed by atoms with Crippen LogP contribution in [0.3, 0.4) is 0 Å². The van der Waals surface area contributed by atoms with Crippen LogP contribution in [0.15, 0.2) is 9.59 Å². The van der Waals surface area contributed by atoms with Crippen molar-refractivity contribution < 1.29 is 22.3 Å². The maximum Gasteiger partial charge on any atom is 0.393 e. The van der Waals surface area contributed by atoms with E-state index in [1.54, 1.807) is 0 Å². The normalized spacial score (nSPS) is 22.1.